The van der Waals surface area contributed by atoms with Gasteiger partial charge in [-0.15, -0.1) is 5.10 Å². The van der Waals surface area contributed by atoms with Gasteiger partial charge in [-0.1, -0.05) is 42.7 Å². The molecular formula is C16H17FN4S. The first-order valence-corrected chi connectivity index (χ1v) is 8.45. The Morgan fingerprint density at radius 2 is 2.05 bits per heavy atom. The smallest absolute Gasteiger partial charge is 0.214 e. The van der Waals surface area contributed by atoms with Gasteiger partial charge in [0.05, 0.1) is 11.4 Å². The van der Waals surface area contributed by atoms with E-state index in [0.29, 0.717) is 11.0 Å². The number of nitrogens with two attached hydrogens (primary N) is 1. The minimum Gasteiger partial charge on any atom is -0.374 e. The molecule has 0 bridgehead atoms. The summed E-state index contributed by atoms with van der Waals surface area (Å²) in [4.78, 5) is 5.57. The van der Waals surface area contributed by atoms with E-state index in [1.54, 1.807) is 16.6 Å². The molecule has 1 aromatic carbocycles. The summed E-state index contributed by atoms with van der Waals surface area (Å²) in [5.74, 6) is 0.187. The second kappa shape index (κ2) is 5.35. The lowest BCUT2D eigenvalue weighted by Crippen LogP contribution is -2.07. The average molecular weight is 316 g/mol. The Kier molecular flexibility index (Phi) is 3.33. The van der Waals surface area contributed by atoms with Crippen molar-refractivity contribution >= 4 is 21.4 Å². The van der Waals surface area contributed by atoms with Gasteiger partial charge in [0.1, 0.15) is 5.82 Å². The Morgan fingerprint density at radius 1 is 1.23 bits per heavy atom. The zero-order valence-electron chi connectivity index (χ0n) is 12.1. The third kappa shape index (κ3) is 2.27. The average Bonchev–Trinajstić information content (AvgIpc) is 3.04. The van der Waals surface area contributed by atoms with Crippen molar-refractivity contribution in [3.8, 4) is 11.3 Å². The van der Waals surface area contributed by atoms with Crippen LogP contribution in [0.1, 0.15) is 43.7 Å². The van der Waals surface area contributed by atoms with Crippen LogP contribution in [0.5, 0.6) is 0 Å². The van der Waals surface area contributed by atoms with E-state index in [-0.39, 0.29) is 5.82 Å². The quantitative estimate of drug-likeness (QED) is 0.770. The first kappa shape index (κ1) is 13.7. The molecule has 1 fully saturated rings. The number of hydrogen-bond donors (Lipinski definition) is 1. The van der Waals surface area contributed by atoms with Gasteiger partial charge < -0.3 is 5.73 Å². The van der Waals surface area contributed by atoms with Crippen LogP contribution in [0.15, 0.2) is 24.3 Å². The van der Waals surface area contributed by atoms with Gasteiger partial charge in [-0.05, 0) is 25.0 Å². The summed E-state index contributed by atoms with van der Waals surface area (Å²) in [6.07, 6.45) is 6.03. The Morgan fingerprint density at radius 3 is 2.82 bits per heavy atom. The number of rotatable bonds is 2. The molecule has 0 atom stereocenters. The monoisotopic (exact) mass is 316 g/mol. The van der Waals surface area contributed by atoms with E-state index in [1.807, 2.05) is 6.07 Å². The third-order valence-corrected chi connectivity index (χ3v) is 5.07. The summed E-state index contributed by atoms with van der Waals surface area (Å²) in [5, 5.41) is 4.84. The van der Waals surface area contributed by atoms with Gasteiger partial charge in [-0.2, -0.15) is 0 Å². The molecule has 114 valence electrons. The molecule has 2 aromatic heterocycles. The maximum atomic E-state index is 13.7. The first-order chi connectivity index (χ1) is 10.7. The highest BCUT2D eigenvalue weighted by molar-refractivity contribution is 7.20. The van der Waals surface area contributed by atoms with E-state index in [9.17, 15) is 4.39 Å². The summed E-state index contributed by atoms with van der Waals surface area (Å²) in [5.41, 5.74) is 8.57. The lowest BCUT2D eigenvalue weighted by atomic mass is 9.85. The molecule has 1 aliphatic rings. The van der Waals surface area contributed by atoms with E-state index in [0.717, 1.165) is 34.8 Å². The maximum Gasteiger partial charge on any atom is 0.214 e. The fourth-order valence-corrected chi connectivity index (χ4v) is 4.02. The number of imidazole rings is 1. The summed E-state index contributed by atoms with van der Waals surface area (Å²) < 4.78 is 15.4. The molecule has 0 radical (unpaired) electrons. The first-order valence-electron chi connectivity index (χ1n) is 7.63. The number of nitrogens with zero attached hydrogens (tertiary/aromatic N) is 3. The largest absolute Gasteiger partial charge is 0.374 e. The molecular weight excluding hydrogens is 299 g/mol. The fourth-order valence-electron chi connectivity index (χ4n) is 3.35. The second-order valence-electron chi connectivity index (χ2n) is 5.83. The Hall–Kier alpha value is -1.95. The predicted molar refractivity (Wildman–Crippen MR) is 86.5 cm³/mol. The molecule has 3 aromatic rings. The Labute approximate surface area is 131 Å². The summed E-state index contributed by atoms with van der Waals surface area (Å²) >= 11 is 1.37. The highest BCUT2D eigenvalue weighted by Crippen LogP contribution is 2.39. The standard InChI is InChI=1S/C16H17FN4S/c17-12-8-4-7-11(9-12)14-13(10-5-2-1-3-6-10)19-16-21(14)20-15(18)22-16/h4,7-10H,1-3,5-6H2,(H2,18,20). The lowest BCUT2D eigenvalue weighted by molar-refractivity contribution is 0.438. The van der Waals surface area contributed by atoms with Crippen molar-refractivity contribution in [3.63, 3.8) is 0 Å². The van der Waals surface area contributed by atoms with Gasteiger partial charge in [0.15, 0.2) is 0 Å². The van der Waals surface area contributed by atoms with Crippen molar-refractivity contribution in [3.05, 3.63) is 35.8 Å². The molecule has 0 unspecified atom stereocenters. The number of benzene rings is 1. The van der Waals surface area contributed by atoms with Crippen LogP contribution in [0.2, 0.25) is 0 Å². The molecule has 0 spiro atoms. The van der Waals surface area contributed by atoms with Crippen LogP contribution in [0.25, 0.3) is 16.2 Å². The van der Waals surface area contributed by atoms with Crippen molar-refractivity contribution < 1.29 is 4.39 Å². The van der Waals surface area contributed by atoms with Gasteiger partial charge >= 0.3 is 0 Å². The zero-order valence-corrected chi connectivity index (χ0v) is 12.9. The van der Waals surface area contributed by atoms with Gasteiger partial charge in [-0.25, -0.2) is 13.9 Å². The van der Waals surface area contributed by atoms with E-state index in [1.165, 1.54) is 36.7 Å². The van der Waals surface area contributed by atoms with E-state index < -0.39 is 0 Å². The zero-order chi connectivity index (χ0) is 15.1. The fraction of sp³-hybridized carbons (Fsp3) is 0.375. The summed E-state index contributed by atoms with van der Waals surface area (Å²) in [7, 11) is 0. The van der Waals surface area contributed by atoms with Crippen LogP contribution in [-0.2, 0) is 0 Å². The van der Waals surface area contributed by atoms with E-state index in [4.69, 9.17) is 10.7 Å². The number of halogens is 1. The molecule has 4 rings (SSSR count). The highest BCUT2D eigenvalue weighted by Gasteiger charge is 2.25. The van der Waals surface area contributed by atoms with Crippen LogP contribution < -0.4 is 5.73 Å². The highest BCUT2D eigenvalue weighted by atomic mass is 32.1. The van der Waals surface area contributed by atoms with Crippen molar-refractivity contribution in [1.29, 1.82) is 0 Å². The normalized spacial score (nSPS) is 16.4. The minimum atomic E-state index is -0.245. The number of anilines is 1. The van der Waals surface area contributed by atoms with Crippen LogP contribution in [0.4, 0.5) is 9.52 Å². The molecule has 1 aliphatic carbocycles. The Balaban J connectivity index is 1.92. The van der Waals surface area contributed by atoms with Crippen LogP contribution >= 0.6 is 11.3 Å². The second-order valence-corrected chi connectivity index (χ2v) is 6.81. The van der Waals surface area contributed by atoms with Crippen molar-refractivity contribution in [2.24, 2.45) is 0 Å². The van der Waals surface area contributed by atoms with Crippen molar-refractivity contribution in [2.45, 2.75) is 38.0 Å². The molecule has 6 heteroatoms. The third-order valence-electron chi connectivity index (χ3n) is 4.34. The molecule has 4 nitrogen and oxygen atoms in total. The molecule has 0 aliphatic heterocycles. The summed E-state index contributed by atoms with van der Waals surface area (Å²) in [6, 6.07) is 6.64. The van der Waals surface area contributed by atoms with E-state index >= 15 is 0 Å². The van der Waals surface area contributed by atoms with Crippen LogP contribution in [-0.4, -0.2) is 14.6 Å². The molecule has 0 amide bonds. The van der Waals surface area contributed by atoms with Crippen LogP contribution in [0.3, 0.4) is 0 Å². The minimum absolute atomic E-state index is 0.245. The van der Waals surface area contributed by atoms with Gasteiger partial charge in [0.2, 0.25) is 10.1 Å². The number of fused-ring (bicyclic) bond motifs is 1. The Bertz CT molecular complexity index is 817. The van der Waals surface area contributed by atoms with Gasteiger partial charge in [-0.3, -0.25) is 0 Å². The number of hydrogen-bond acceptors (Lipinski definition) is 4. The SMILES string of the molecule is Nc1nn2c(-c3cccc(F)c3)c(C3CCCCC3)nc2s1. The van der Waals surface area contributed by atoms with Crippen molar-refractivity contribution in [2.75, 3.05) is 5.73 Å². The van der Waals surface area contributed by atoms with Crippen molar-refractivity contribution in [1.82, 2.24) is 14.6 Å². The van der Waals surface area contributed by atoms with Gasteiger partial charge in [0.25, 0.3) is 0 Å². The van der Waals surface area contributed by atoms with Crippen LogP contribution in [0, 0.1) is 5.82 Å². The predicted octanol–water partition coefficient (Wildman–Crippen LogP) is 4.23. The molecule has 0 saturated heterocycles. The molecule has 2 heterocycles. The molecule has 2 N–H and O–H groups in total. The van der Waals surface area contributed by atoms with E-state index in [2.05, 4.69) is 5.10 Å². The molecule has 22 heavy (non-hydrogen) atoms. The number of aromatic nitrogens is 3. The lowest BCUT2D eigenvalue weighted by Gasteiger charge is -2.21. The topological polar surface area (TPSA) is 56.2 Å². The molecule has 1 saturated carbocycles. The van der Waals surface area contributed by atoms with Gasteiger partial charge in [0, 0.05) is 11.5 Å². The number of nitrogen functional groups attached to an aromatic ring is 1. The maximum absolute atomic E-state index is 13.7. The summed E-state index contributed by atoms with van der Waals surface area (Å²) in [6.45, 7) is 0.